The molecule has 0 amide bonds. The highest BCUT2D eigenvalue weighted by Crippen LogP contribution is 2.16. The van der Waals surface area contributed by atoms with Gasteiger partial charge in [0.1, 0.15) is 0 Å². The predicted octanol–water partition coefficient (Wildman–Crippen LogP) is 0.106. The lowest BCUT2D eigenvalue weighted by Crippen LogP contribution is -2.29. The Morgan fingerprint density at radius 2 is 1.70 bits per heavy atom. The van der Waals surface area contributed by atoms with Crippen LogP contribution in [-0.4, -0.2) is 29.6 Å². The molecule has 0 saturated heterocycles. The van der Waals surface area contributed by atoms with Gasteiger partial charge in [-0.2, -0.15) is 13.2 Å². The van der Waals surface area contributed by atoms with Gasteiger partial charge >= 0.3 is 6.18 Å². The summed E-state index contributed by atoms with van der Waals surface area (Å²) in [7, 11) is -8.60. The molecule has 0 bridgehead atoms. The van der Waals surface area contributed by atoms with Gasteiger partial charge in [0.05, 0.1) is 9.79 Å². The van der Waals surface area contributed by atoms with Crippen LogP contribution in [0, 0.1) is 0 Å². The Labute approximate surface area is 112 Å². The minimum Gasteiger partial charge on any atom is -0.277 e. The normalized spacial score (nSPS) is 13.4. The first kappa shape index (κ1) is 16.8. The molecular weight excluding hydrogens is 325 g/mol. The summed E-state index contributed by atoms with van der Waals surface area (Å²) in [4.78, 5) is 3.92. The van der Waals surface area contributed by atoms with Gasteiger partial charge in [0.2, 0.25) is 10.0 Å². The third-order valence-electron chi connectivity index (χ3n) is 1.85. The monoisotopic (exact) mass is 334 g/mol. The van der Waals surface area contributed by atoms with Gasteiger partial charge in [0, 0.05) is 0 Å². The zero-order valence-corrected chi connectivity index (χ0v) is 11.2. The quantitative estimate of drug-likeness (QED) is 0.741. The topological polar surface area (TPSA) is 116 Å². The van der Waals surface area contributed by atoms with Crippen LogP contribution < -0.4 is 10.0 Å². The Balaban J connectivity index is 2.94. The maximum absolute atomic E-state index is 11.8. The van der Waals surface area contributed by atoms with E-state index in [9.17, 15) is 30.0 Å². The summed E-state index contributed by atoms with van der Waals surface area (Å²) >= 11 is 0. The number of nitrogens with two attached hydrogens (primary N) is 1. The van der Waals surface area contributed by atoms with Crippen molar-refractivity contribution >= 4 is 20.0 Å². The van der Waals surface area contributed by atoms with E-state index in [0.29, 0.717) is 6.07 Å². The number of halogens is 3. The molecule has 12 heteroatoms. The van der Waals surface area contributed by atoms with E-state index in [1.165, 1.54) is 4.89 Å². The SMILES string of the molecule is NS(=O)(=O)c1cccc(S(=O)(=O)NOCC(F)(F)F)c1. The van der Waals surface area contributed by atoms with Crippen molar-refractivity contribution < 1.29 is 34.8 Å². The van der Waals surface area contributed by atoms with Gasteiger partial charge in [-0.15, -0.1) is 0 Å². The lowest BCUT2D eigenvalue weighted by molar-refractivity contribution is -0.181. The third kappa shape index (κ3) is 5.05. The summed E-state index contributed by atoms with van der Waals surface area (Å²) in [5.41, 5.74) is 0. The number of benzene rings is 1. The van der Waals surface area contributed by atoms with Crippen molar-refractivity contribution in [1.82, 2.24) is 4.89 Å². The van der Waals surface area contributed by atoms with Gasteiger partial charge in [-0.3, -0.25) is 4.84 Å². The minimum atomic E-state index is -4.72. The fraction of sp³-hybridized carbons (Fsp3) is 0.250. The lowest BCUT2D eigenvalue weighted by Gasteiger charge is -2.09. The number of nitrogens with one attached hydrogen (secondary N) is 1. The molecule has 3 N–H and O–H groups in total. The minimum absolute atomic E-state index is 0.504. The van der Waals surface area contributed by atoms with E-state index in [1.54, 1.807) is 0 Å². The van der Waals surface area contributed by atoms with Crippen LogP contribution in [0.4, 0.5) is 13.2 Å². The molecule has 114 valence electrons. The van der Waals surface area contributed by atoms with Crippen LogP contribution in [0.2, 0.25) is 0 Å². The highest BCUT2D eigenvalue weighted by Gasteiger charge is 2.29. The Morgan fingerprint density at radius 3 is 2.20 bits per heavy atom. The van der Waals surface area contributed by atoms with Crippen LogP contribution >= 0.6 is 0 Å². The number of rotatable bonds is 5. The van der Waals surface area contributed by atoms with Crippen LogP contribution in [0.1, 0.15) is 0 Å². The molecule has 0 unspecified atom stereocenters. The molecular formula is C8H9F3N2O5S2. The first-order valence-corrected chi connectivity index (χ1v) is 7.78. The molecule has 7 nitrogen and oxygen atoms in total. The first-order chi connectivity index (χ1) is 8.92. The number of hydrogen-bond donors (Lipinski definition) is 2. The molecule has 0 radical (unpaired) electrons. The van der Waals surface area contributed by atoms with Crippen molar-refractivity contribution in [2.24, 2.45) is 5.14 Å². The van der Waals surface area contributed by atoms with Crippen molar-refractivity contribution in [2.45, 2.75) is 16.0 Å². The van der Waals surface area contributed by atoms with E-state index in [4.69, 9.17) is 5.14 Å². The van der Waals surface area contributed by atoms with Crippen molar-refractivity contribution in [1.29, 1.82) is 0 Å². The molecule has 0 aliphatic carbocycles. The average molecular weight is 334 g/mol. The fourth-order valence-corrected chi connectivity index (χ4v) is 2.54. The Hall–Kier alpha value is -1.21. The maximum Gasteiger partial charge on any atom is 0.413 e. The van der Waals surface area contributed by atoms with E-state index < -0.39 is 42.6 Å². The molecule has 0 spiro atoms. The molecule has 20 heavy (non-hydrogen) atoms. The van der Waals surface area contributed by atoms with Crippen LogP contribution in [0.25, 0.3) is 0 Å². The summed E-state index contributed by atoms with van der Waals surface area (Å²) in [6.07, 6.45) is -4.72. The van der Waals surface area contributed by atoms with Crippen molar-refractivity contribution in [3.63, 3.8) is 0 Å². The van der Waals surface area contributed by atoms with Gasteiger partial charge < -0.3 is 0 Å². The largest absolute Gasteiger partial charge is 0.413 e. The number of alkyl halides is 3. The smallest absolute Gasteiger partial charge is 0.277 e. The standard InChI is InChI=1S/C8H9F3N2O5S2/c9-8(10,11)5-18-13-20(16,17)7-3-1-2-6(4-7)19(12,14)15/h1-4,13H,5H2,(H2,12,14,15). The third-order valence-corrected chi connectivity index (χ3v) is 3.97. The van der Waals surface area contributed by atoms with E-state index in [0.717, 1.165) is 18.2 Å². The molecule has 0 saturated carbocycles. The van der Waals surface area contributed by atoms with Gasteiger partial charge in [0.25, 0.3) is 10.0 Å². The van der Waals surface area contributed by atoms with Crippen LogP contribution in [0.3, 0.4) is 0 Å². The van der Waals surface area contributed by atoms with Crippen LogP contribution in [0.5, 0.6) is 0 Å². The van der Waals surface area contributed by atoms with E-state index in [-0.39, 0.29) is 0 Å². The molecule has 0 aliphatic heterocycles. The number of primary sulfonamides is 1. The highest BCUT2D eigenvalue weighted by molar-refractivity contribution is 7.90. The van der Waals surface area contributed by atoms with Gasteiger partial charge in [-0.25, -0.2) is 22.0 Å². The number of sulfonamides is 2. The van der Waals surface area contributed by atoms with Crippen LogP contribution in [-0.2, 0) is 24.9 Å². The summed E-state index contributed by atoms with van der Waals surface area (Å²) < 4.78 is 80.6. The lowest BCUT2D eigenvalue weighted by atomic mass is 10.4. The highest BCUT2D eigenvalue weighted by atomic mass is 32.2. The Bertz CT molecular complexity index is 684. The summed E-state index contributed by atoms with van der Waals surface area (Å²) in [5, 5.41) is 4.80. The second-order valence-electron chi connectivity index (χ2n) is 3.51. The maximum atomic E-state index is 11.8. The van der Waals surface area contributed by atoms with Crippen molar-refractivity contribution in [3.8, 4) is 0 Å². The average Bonchev–Trinajstić information content (AvgIpc) is 2.26. The first-order valence-electron chi connectivity index (χ1n) is 4.75. The molecule has 0 atom stereocenters. The molecule has 1 aromatic rings. The summed E-state index contributed by atoms with van der Waals surface area (Å²) in [6.45, 7) is -1.83. The molecule has 0 aromatic heterocycles. The zero-order valence-electron chi connectivity index (χ0n) is 9.59. The molecule has 0 aliphatic rings. The van der Waals surface area contributed by atoms with Gasteiger partial charge in [0.15, 0.2) is 6.61 Å². The second kappa shape index (κ2) is 5.65. The van der Waals surface area contributed by atoms with E-state index >= 15 is 0 Å². The zero-order chi connectivity index (χ0) is 15.6. The Morgan fingerprint density at radius 1 is 1.15 bits per heavy atom. The van der Waals surface area contributed by atoms with Gasteiger partial charge in [-0.1, -0.05) is 11.0 Å². The summed E-state index contributed by atoms with van der Waals surface area (Å²) in [5.74, 6) is 0. The van der Waals surface area contributed by atoms with Gasteiger partial charge in [-0.05, 0) is 18.2 Å². The van der Waals surface area contributed by atoms with Crippen molar-refractivity contribution in [2.75, 3.05) is 6.61 Å². The van der Waals surface area contributed by atoms with E-state index in [2.05, 4.69) is 4.84 Å². The molecule has 0 heterocycles. The Kier molecular flexibility index (Phi) is 4.76. The summed E-state index contributed by atoms with van der Waals surface area (Å²) in [6, 6.07) is 3.76. The fourth-order valence-electron chi connectivity index (χ4n) is 1.06. The second-order valence-corrected chi connectivity index (χ2v) is 6.72. The number of hydrogen-bond acceptors (Lipinski definition) is 5. The molecule has 1 rings (SSSR count). The predicted molar refractivity (Wildman–Crippen MR) is 60.1 cm³/mol. The molecule has 0 fully saturated rings. The van der Waals surface area contributed by atoms with E-state index in [1.807, 2.05) is 0 Å². The van der Waals surface area contributed by atoms with Crippen LogP contribution in [0.15, 0.2) is 34.1 Å². The van der Waals surface area contributed by atoms with Crippen molar-refractivity contribution in [3.05, 3.63) is 24.3 Å². The molecule has 1 aromatic carbocycles.